The first-order valence-electron chi connectivity index (χ1n) is 6.01. The third-order valence-corrected chi connectivity index (χ3v) is 4.40. The SMILES string of the molecule is N=C(N)SCc1ccc(CSC(=N)N)c2ccccc12. The average molecular weight is 304 g/mol. The molecule has 0 saturated carbocycles. The van der Waals surface area contributed by atoms with Crippen LogP contribution in [0.3, 0.4) is 0 Å². The summed E-state index contributed by atoms with van der Waals surface area (Å²) < 4.78 is 0. The molecular weight excluding hydrogens is 288 g/mol. The summed E-state index contributed by atoms with van der Waals surface area (Å²) in [5.74, 6) is 1.38. The Kier molecular flexibility index (Phi) is 4.92. The lowest BCUT2D eigenvalue weighted by molar-refractivity contribution is 1.40. The number of amidine groups is 2. The van der Waals surface area contributed by atoms with Crippen molar-refractivity contribution in [2.75, 3.05) is 0 Å². The van der Waals surface area contributed by atoms with Gasteiger partial charge in [0.2, 0.25) is 0 Å². The summed E-state index contributed by atoms with van der Waals surface area (Å²) in [6.07, 6.45) is 0. The Bertz CT molecular complexity index is 598. The van der Waals surface area contributed by atoms with Crippen molar-refractivity contribution >= 4 is 44.6 Å². The summed E-state index contributed by atoms with van der Waals surface area (Å²) >= 11 is 2.65. The third kappa shape index (κ3) is 3.68. The number of hydrogen-bond acceptors (Lipinski definition) is 4. The highest BCUT2D eigenvalue weighted by Crippen LogP contribution is 2.28. The van der Waals surface area contributed by atoms with Crippen LogP contribution in [-0.4, -0.2) is 10.3 Å². The van der Waals surface area contributed by atoms with Gasteiger partial charge in [-0.1, -0.05) is 59.9 Å². The summed E-state index contributed by atoms with van der Waals surface area (Å²) in [6.45, 7) is 0. The Morgan fingerprint density at radius 2 is 1.20 bits per heavy atom. The summed E-state index contributed by atoms with van der Waals surface area (Å²) in [4.78, 5) is 0. The van der Waals surface area contributed by atoms with Gasteiger partial charge in [-0.05, 0) is 21.9 Å². The Hall–Kier alpha value is -1.66. The van der Waals surface area contributed by atoms with Crippen molar-refractivity contribution in [1.29, 1.82) is 10.8 Å². The molecule has 0 aromatic heterocycles. The van der Waals surface area contributed by atoms with E-state index in [9.17, 15) is 0 Å². The fraction of sp³-hybridized carbons (Fsp3) is 0.143. The molecule has 2 aromatic rings. The number of fused-ring (bicyclic) bond motifs is 1. The van der Waals surface area contributed by atoms with Crippen LogP contribution in [0.15, 0.2) is 36.4 Å². The number of hydrogen-bond donors (Lipinski definition) is 4. The van der Waals surface area contributed by atoms with Crippen molar-refractivity contribution < 1.29 is 0 Å². The molecule has 6 heteroatoms. The minimum atomic E-state index is 0.130. The van der Waals surface area contributed by atoms with Gasteiger partial charge in [-0.3, -0.25) is 10.8 Å². The Morgan fingerprint density at radius 3 is 1.55 bits per heavy atom. The fourth-order valence-corrected chi connectivity index (χ4v) is 3.11. The molecule has 2 aromatic carbocycles. The number of nitrogens with two attached hydrogens (primary N) is 2. The normalized spacial score (nSPS) is 10.6. The van der Waals surface area contributed by atoms with Crippen LogP contribution >= 0.6 is 23.5 Å². The molecule has 4 nitrogen and oxygen atoms in total. The van der Waals surface area contributed by atoms with Crippen LogP contribution in [0.2, 0.25) is 0 Å². The predicted octanol–water partition coefficient (Wildman–Crippen LogP) is 3.09. The van der Waals surface area contributed by atoms with E-state index in [1.54, 1.807) is 0 Å². The molecule has 20 heavy (non-hydrogen) atoms. The molecule has 0 radical (unpaired) electrons. The van der Waals surface area contributed by atoms with E-state index in [2.05, 4.69) is 24.3 Å². The van der Waals surface area contributed by atoms with E-state index in [-0.39, 0.29) is 10.3 Å². The van der Waals surface area contributed by atoms with Gasteiger partial charge in [0, 0.05) is 11.5 Å². The van der Waals surface area contributed by atoms with E-state index in [4.69, 9.17) is 22.3 Å². The van der Waals surface area contributed by atoms with E-state index < -0.39 is 0 Å². The maximum absolute atomic E-state index is 7.31. The Labute approximate surface area is 126 Å². The standard InChI is InChI=1S/C14H16N4S2/c15-13(16)19-7-9-5-6-10(8-20-14(17)18)12-4-2-1-3-11(9)12/h1-6H,7-8H2,(H3,15,16)(H3,17,18). The molecule has 0 aliphatic carbocycles. The molecule has 0 aliphatic heterocycles. The van der Waals surface area contributed by atoms with Crippen molar-refractivity contribution in [2.45, 2.75) is 11.5 Å². The summed E-state index contributed by atoms with van der Waals surface area (Å²) in [7, 11) is 0. The van der Waals surface area contributed by atoms with Gasteiger partial charge in [0.15, 0.2) is 10.3 Å². The highest BCUT2D eigenvalue weighted by molar-refractivity contribution is 8.13. The van der Waals surface area contributed by atoms with E-state index in [1.807, 2.05) is 12.1 Å². The zero-order chi connectivity index (χ0) is 14.5. The van der Waals surface area contributed by atoms with Crippen molar-refractivity contribution in [3.8, 4) is 0 Å². The van der Waals surface area contributed by atoms with Crippen LogP contribution in [0.5, 0.6) is 0 Å². The first kappa shape index (κ1) is 14.7. The molecule has 0 amide bonds. The van der Waals surface area contributed by atoms with Gasteiger partial charge in [-0.25, -0.2) is 0 Å². The molecule has 0 bridgehead atoms. The van der Waals surface area contributed by atoms with Gasteiger partial charge in [0.1, 0.15) is 0 Å². The number of nitrogens with one attached hydrogen (secondary N) is 2. The van der Waals surface area contributed by atoms with E-state index >= 15 is 0 Å². The third-order valence-electron chi connectivity index (χ3n) is 2.87. The monoisotopic (exact) mass is 304 g/mol. The molecule has 0 unspecified atom stereocenters. The first-order chi connectivity index (χ1) is 9.58. The lowest BCUT2D eigenvalue weighted by Crippen LogP contribution is -2.05. The molecule has 0 fully saturated rings. The van der Waals surface area contributed by atoms with Gasteiger partial charge in [-0.15, -0.1) is 0 Å². The lowest BCUT2D eigenvalue weighted by Gasteiger charge is -2.10. The molecule has 0 saturated heterocycles. The van der Waals surface area contributed by atoms with Crippen molar-refractivity contribution in [3.63, 3.8) is 0 Å². The second kappa shape index (κ2) is 6.67. The maximum Gasteiger partial charge on any atom is 0.151 e. The predicted molar refractivity (Wildman–Crippen MR) is 90.4 cm³/mol. The summed E-state index contributed by atoms with van der Waals surface area (Å²) in [6, 6.07) is 12.3. The van der Waals surface area contributed by atoms with Gasteiger partial charge in [0.05, 0.1) is 0 Å². The quantitative estimate of drug-likeness (QED) is 0.515. The van der Waals surface area contributed by atoms with Gasteiger partial charge in [0.25, 0.3) is 0 Å². The fourth-order valence-electron chi connectivity index (χ4n) is 1.99. The average Bonchev–Trinajstić information content (AvgIpc) is 2.43. The molecule has 6 N–H and O–H groups in total. The summed E-state index contributed by atoms with van der Waals surface area (Å²) in [5, 5.41) is 17.2. The molecule has 0 atom stereocenters. The minimum absolute atomic E-state index is 0.130. The second-order valence-corrected chi connectivity index (χ2v) is 6.27. The number of thioether (sulfide) groups is 2. The molecule has 0 aliphatic rings. The summed E-state index contributed by atoms with van der Waals surface area (Å²) in [5.41, 5.74) is 13.1. The molecular formula is C14H16N4S2. The molecule has 0 heterocycles. The molecule has 0 spiro atoms. The zero-order valence-electron chi connectivity index (χ0n) is 10.8. The lowest BCUT2D eigenvalue weighted by atomic mass is 10.0. The Morgan fingerprint density at radius 1 is 0.800 bits per heavy atom. The smallest absolute Gasteiger partial charge is 0.151 e. The van der Waals surface area contributed by atoms with Gasteiger partial charge < -0.3 is 11.5 Å². The van der Waals surface area contributed by atoms with Gasteiger partial charge in [-0.2, -0.15) is 0 Å². The molecule has 2 rings (SSSR count). The van der Waals surface area contributed by atoms with E-state index in [0.29, 0.717) is 11.5 Å². The highest BCUT2D eigenvalue weighted by Gasteiger charge is 2.07. The zero-order valence-corrected chi connectivity index (χ0v) is 12.5. The van der Waals surface area contributed by atoms with Crippen molar-refractivity contribution in [1.82, 2.24) is 0 Å². The first-order valence-corrected chi connectivity index (χ1v) is 7.98. The van der Waals surface area contributed by atoms with Crippen LogP contribution in [0.25, 0.3) is 10.8 Å². The second-order valence-electron chi connectivity index (χ2n) is 4.24. The maximum atomic E-state index is 7.31. The van der Waals surface area contributed by atoms with Gasteiger partial charge >= 0.3 is 0 Å². The van der Waals surface area contributed by atoms with Crippen LogP contribution in [0.1, 0.15) is 11.1 Å². The minimum Gasteiger partial charge on any atom is -0.379 e. The van der Waals surface area contributed by atoms with Crippen LogP contribution in [-0.2, 0) is 11.5 Å². The van der Waals surface area contributed by atoms with Crippen LogP contribution in [0.4, 0.5) is 0 Å². The highest BCUT2D eigenvalue weighted by atomic mass is 32.2. The van der Waals surface area contributed by atoms with Crippen molar-refractivity contribution in [3.05, 3.63) is 47.5 Å². The number of rotatable bonds is 4. The molecule has 104 valence electrons. The number of benzene rings is 2. The van der Waals surface area contributed by atoms with Crippen molar-refractivity contribution in [2.24, 2.45) is 11.5 Å². The Balaban J connectivity index is 2.36. The largest absolute Gasteiger partial charge is 0.379 e. The van der Waals surface area contributed by atoms with E-state index in [1.165, 1.54) is 34.3 Å². The van der Waals surface area contributed by atoms with Crippen LogP contribution < -0.4 is 11.5 Å². The van der Waals surface area contributed by atoms with Crippen LogP contribution in [0, 0.1) is 10.8 Å². The topological polar surface area (TPSA) is 99.7 Å². The van der Waals surface area contributed by atoms with E-state index in [0.717, 1.165) is 11.1 Å².